The fraction of sp³-hybridized carbons (Fsp3) is 0.308. The molecule has 0 saturated heterocycles. The summed E-state index contributed by atoms with van der Waals surface area (Å²) >= 11 is 0.529. The van der Waals surface area contributed by atoms with Gasteiger partial charge in [0.1, 0.15) is 0 Å². The lowest BCUT2D eigenvalue weighted by Crippen LogP contribution is -2.13. The summed E-state index contributed by atoms with van der Waals surface area (Å²) in [5.41, 5.74) is 7.52. The zero-order chi connectivity index (χ0) is 13.8. The number of halogens is 2. The van der Waals surface area contributed by atoms with Crippen molar-refractivity contribution in [1.82, 2.24) is 9.55 Å². The van der Waals surface area contributed by atoms with E-state index in [1.54, 1.807) is 35.3 Å². The Morgan fingerprint density at radius 3 is 2.79 bits per heavy atom. The number of alkyl halides is 2. The summed E-state index contributed by atoms with van der Waals surface area (Å²) in [6.07, 6.45) is 4.05. The number of rotatable bonds is 5. The summed E-state index contributed by atoms with van der Waals surface area (Å²) < 4.78 is 26.9. The van der Waals surface area contributed by atoms with Gasteiger partial charge in [-0.15, -0.1) is 0 Å². The highest BCUT2D eigenvalue weighted by molar-refractivity contribution is 7.99. The second-order valence-electron chi connectivity index (χ2n) is 4.05. The van der Waals surface area contributed by atoms with E-state index in [2.05, 4.69) is 4.98 Å². The Morgan fingerprint density at radius 2 is 2.11 bits per heavy atom. The molecule has 0 spiro atoms. The third kappa shape index (κ3) is 3.13. The minimum atomic E-state index is -2.45. The van der Waals surface area contributed by atoms with Crippen LogP contribution in [-0.4, -0.2) is 15.3 Å². The molecule has 0 amide bonds. The molecule has 19 heavy (non-hydrogen) atoms. The number of hydrogen-bond donors (Lipinski definition) is 1. The average molecular weight is 283 g/mol. The molecular formula is C13H15F2N3S. The van der Waals surface area contributed by atoms with Crippen LogP contribution in [0.4, 0.5) is 8.78 Å². The van der Waals surface area contributed by atoms with Crippen LogP contribution in [0.3, 0.4) is 0 Å². The summed E-state index contributed by atoms with van der Waals surface area (Å²) in [6, 6.07) is 6.86. The molecule has 0 fully saturated rings. The molecule has 0 unspecified atom stereocenters. The van der Waals surface area contributed by atoms with Gasteiger partial charge >= 0.3 is 0 Å². The van der Waals surface area contributed by atoms with E-state index in [1.165, 1.54) is 0 Å². The van der Waals surface area contributed by atoms with Crippen LogP contribution in [0, 0.1) is 0 Å². The Hall–Kier alpha value is -1.40. The summed E-state index contributed by atoms with van der Waals surface area (Å²) in [7, 11) is 0. The molecule has 0 radical (unpaired) electrons. The van der Waals surface area contributed by atoms with Crippen molar-refractivity contribution in [3.05, 3.63) is 42.5 Å². The van der Waals surface area contributed by atoms with Crippen molar-refractivity contribution in [2.75, 3.05) is 0 Å². The van der Waals surface area contributed by atoms with E-state index in [0.717, 1.165) is 12.1 Å². The van der Waals surface area contributed by atoms with Crippen LogP contribution in [0.25, 0.3) is 5.69 Å². The molecule has 2 N–H and O–H groups in total. The molecule has 0 aliphatic carbocycles. The average Bonchev–Trinajstić information content (AvgIpc) is 2.87. The number of hydrogen-bond acceptors (Lipinski definition) is 3. The molecule has 1 aromatic heterocycles. The van der Waals surface area contributed by atoms with Gasteiger partial charge < -0.3 is 10.3 Å². The summed E-state index contributed by atoms with van der Waals surface area (Å²) in [5, 5.41) is 0. The van der Waals surface area contributed by atoms with E-state index in [1.807, 2.05) is 13.0 Å². The fourth-order valence-electron chi connectivity index (χ4n) is 1.84. The Kier molecular flexibility index (Phi) is 4.55. The van der Waals surface area contributed by atoms with Gasteiger partial charge in [0.05, 0.1) is 23.9 Å². The van der Waals surface area contributed by atoms with Crippen molar-refractivity contribution < 1.29 is 8.78 Å². The van der Waals surface area contributed by atoms with E-state index in [4.69, 9.17) is 5.73 Å². The first-order valence-electron chi connectivity index (χ1n) is 5.95. The standard InChI is InChI=1S/C13H15F2N3S/c1-2-9(16)11-7-17-8-18(11)10-5-3-4-6-12(10)19-13(14)15/h3-9,13H,2,16H2,1H3/t9-/m1/s1. The SMILES string of the molecule is CC[C@@H](N)c1cncn1-c1ccccc1SC(F)F. The molecule has 1 atom stereocenters. The number of thioether (sulfide) groups is 1. The molecule has 0 saturated carbocycles. The molecular weight excluding hydrogens is 268 g/mol. The lowest BCUT2D eigenvalue weighted by Gasteiger charge is -2.15. The lowest BCUT2D eigenvalue weighted by atomic mass is 10.2. The Labute approximate surface area is 114 Å². The van der Waals surface area contributed by atoms with Gasteiger partial charge in [0.15, 0.2) is 0 Å². The first-order chi connectivity index (χ1) is 9.13. The molecule has 102 valence electrons. The zero-order valence-corrected chi connectivity index (χ0v) is 11.3. The maximum absolute atomic E-state index is 12.6. The molecule has 6 heteroatoms. The number of para-hydroxylation sites is 1. The highest BCUT2D eigenvalue weighted by atomic mass is 32.2. The van der Waals surface area contributed by atoms with Crippen LogP contribution in [0.2, 0.25) is 0 Å². The van der Waals surface area contributed by atoms with Crippen molar-refractivity contribution in [2.24, 2.45) is 5.73 Å². The van der Waals surface area contributed by atoms with Crippen molar-refractivity contribution in [1.29, 1.82) is 0 Å². The molecule has 1 aromatic carbocycles. The van der Waals surface area contributed by atoms with Crippen LogP contribution < -0.4 is 5.73 Å². The number of benzene rings is 1. The topological polar surface area (TPSA) is 43.8 Å². The second-order valence-corrected chi connectivity index (χ2v) is 5.08. The maximum atomic E-state index is 12.6. The van der Waals surface area contributed by atoms with Crippen molar-refractivity contribution in [2.45, 2.75) is 30.0 Å². The molecule has 0 aliphatic rings. The quantitative estimate of drug-likeness (QED) is 0.853. The van der Waals surface area contributed by atoms with Gasteiger partial charge in [-0.05, 0) is 18.6 Å². The van der Waals surface area contributed by atoms with Crippen molar-refractivity contribution >= 4 is 11.8 Å². The van der Waals surface area contributed by atoms with E-state index >= 15 is 0 Å². The van der Waals surface area contributed by atoms with Crippen LogP contribution in [0.1, 0.15) is 25.1 Å². The third-order valence-corrected chi connectivity index (χ3v) is 3.61. The highest BCUT2D eigenvalue weighted by Crippen LogP contribution is 2.32. The van der Waals surface area contributed by atoms with Gasteiger partial charge in [-0.2, -0.15) is 8.78 Å². The zero-order valence-electron chi connectivity index (χ0n) is 10.5. The molecule has 0 bridgehead atoms. The first kappa shape index (κ1) is 14.0. The smallest absolute Gasteiger partial charge is 0.288 e. The second kappa shape index (κ2) is 6.16. The number of nitrogens with zero attached hydrogens (tertiary/aromatic N) is 2. The minimum Gasteiger partial charge on any atom is -0.323 e. The van der Waals surface area contributed by atoms with Gasteiger partial charge in [-0.1, -0.05) is 30.8 Å². The van der Waals surface area contributed by atoms with Crippen molar-refractivity contribution in [3.8, 4) is 5.69 Å². The number of imidazole rings is 1. The largest absolute Gasteiger partial charge is 0.323 e. The lowest BCUT2D eigenvalue weighted by molar-refractivity contribution is 0.252. The predicted molar refractivity (Wildman–Crippen MR) is 72.6 cm³/mol. The van der Waals surface area contributed by atoms with Crippen LogP contribution >= 0.6 is 11.8 Å². The Balaban J connectivity index is 2.44. The predicted octanol–water partition coefficient (Wildman–Crippen LogP) is 3.60. The van der Waals surface area contributed by atoms with Gasteiger partial charge in [-0.25, -0.2) is 4.98 Å². The number of nitrogens with two attached hydrogens (primary N) is 1. The Morgan fingerprint density at radius 1 is 1.37 bits per heavy atom. The van der Waals surface area contributed by atoms with E-state index in [0.29, 0.717) is 22.3 Å². The first-order valence-corrected chi connectivity index (χ1v) is 6.83. The van der Waals surface area contributed by atoms with E-state index in [-0.39, 0.29) is 6.04 Å². The summed E-state index contributed by atoms with van der Waals surface area (Å²) in [6.45, 7) is 1.97. The van der Waals surface area contributed by atoms with E-state index in [9.17, 15) is 8.78 Å². The van der Waals surface area contributed by atoms with Crippen molar-refractivity contribution in [3.63, 3.8) is 0 Å². The van der Waals surface area contributed by atoms with E-state index < -0.39 is 5.76 Å². The normalized spacial score (nSPS) is 12.9. The fourth-order valence-corrected chi connectivity index (χ4v) is 2.48. The maximum Gasteiger partial charge on any atom is 0.288 e. The summed E-state index contributed by atoms with van der Waals surface area (Å²) in [4.78, 5) is 4.59. The molecule has 3 nitrogen and oxygen atoms in total. The van der Waals surface area contributed by atoms with Gasteiger partial charge in [0.2, 0.25) is 0 Å². The summed E-state index contributed by atoms with van der Waals surface area (Å²) in [5.74, 6) is -2.45. The van der Waals surface area contributed by atoms with Crippen LogP contribution in [0.15, 0.2) is 41.7 Å². The third-order valence-electron chi connectivity index (χ3n) is 2.83. The molecule has 2 rings (SSSR count). The Bertz CT molecular complexity index is 542. The van der Waals surface area contributed by atoms with Gasteiger partial charge in [0, 0.05) is 10.9 Å². The van der Waals surface area contributed by atoms with Gasteiger partial charge in [0.25, 0.3) is 5.76 Å². The molecule has 1 heterocycles. The molecule has 0 aliphatic heterocycles. The minimum absolute atomic E-state index is 0.160. The molecule has 2 aromatic rings. The highest BCUT2D eigenvalue weighted by Gasteiger charge is 2.15. The van der Waals surface area contributed by atoms with Gasteiger partial charge in [-0.3, -0.25) is 0 Å². The number of aromatic nitrogens is 2. The van der Waals surface area contributed by atoms with Crippen LogP contribution in [-0.2, 0) is 0 Å². The van der Waals surface area contributed by atoms with Crippen LogP contribution in [0.5, 0.6) is 0 Å². The monoisotopic (exact) mass is 283 g/mol.